The van der Waals surface area contributed by atoms with Gasteiger partial charge in [0.05, 0.1) is 17.4 Å². The van der Waals surface area contributed by atoms with E-state index in [2.05, 4.69) is 39.0 Å². The summed E-state index contributed by atoms with van der Waals surface area (Å²) in [5.41, 5.74) is 2.05. The van der Waals surface area contributed by atoms with Gasteiger partial charge in [0.2, 0.25) is 0 Å². The molecule has 3 aromatic heterocycles. The summed E-state index contributed by atoms with van der Waals surface area (Å²) in [4.78, 5) is 31.7. The Morgan fingerprint density at radius 2 is 1.83 bits per heavy atom. The molecule has 0 radical (unpaired) electrons. The molecule has 1 saturated heterocycles. The summed E-state index contributed by atoms with van der Waals surface area (Å²) in [5, 5.41) is 1.91. The average molecular weight is 406 g/mol. The normalized spacial score (nSPS) is 15.4. The van der Waals surface area contributed by atoms with Crippen molar-refractivity contribution in [3.63, 3.8) is 0 Å². The maximum absolute atomic E-state index is 12.5. The van der Waals surface area contributed by atoms with Crippen LogP contribution in [-0.4, -0.2) is 46.0 Å². The quantitative estimate of drug-likeness (QED) is 0.565. The fourth-order valence-corrected chi connectivity index (χ4v) is 5.00. The van der Waals surface area contributed by atoms with Crippen molar-refractivity contribution in [3.05, 3.63) is 63.0 Å². The van der Waals surface area contributed by atoms with E-state index in [0.717, 1.165) is 64.0 Å². The summed E-state index contributed by atoms with van der Waals surface area (Å²) in [6.07, 6.45) is 0. The van der Waals surface area contributed by atoms with Gasteiger partial charge in [0, 0.05) is 36.4 Å². The van der Waals surface area contributed by atoms with Gasteiger partial charge in [0.15, 0.2) is 0 Å². The fourth-order valence-electron chi connectivity index (χ4n) is 3.95. The van der Waals surface area contributed by atoms with Crippen LogP contribution in [0.2, 0.25) is 0 Å². The van der Waals surface area contributed by atoms with Gasteiger partial charge in [-0.2, -0.15) is 0 Å². The van der Waals surface area contributed by atoms with Crippen LogP contribution in [0.4, 0.5) is 5.82 Å². The Balaban J connectivity index is 1.29. The van der Waals surface area contributed by atoms with Gasteiger partial charge in [0.1, 0.15) is 16.5 Å². The predicted octanol–water partition coefficient (Wildman–Crippen LogP) is 3.47. The molecule has 0 aliphatic carbocycles. The second kappa shape index (κ2) is 7.24. The van der Waals surface area contributed by atoms with E-state index in [1.54, 1.807) is 11.3 Å². The molecule has 0 bridgehead atoms. The number of rotatable bonds is 3. The van der Waals surface area contributed by atoms with Crippen LogP contribution < -0.4 is 10.5 Å². The van der Waals surface area contributed by atoms with Crippen molar-refractivity contribution in [3.8, 4) is 0 Å². The monoisotopic (exact) mass is 405 g/mol. The third-order valence-electron chi connectivity index (χ3n) is 5.74. The van der Waals surface area contributed by atoms with Gasteiger partial charge in [-0.3, -0.25) is 9.69 Å². The van der Waals surface area contributed by atoms with Crippen molar-refractivity contribution in [2.75, 3.05) is 31.1 Å². The number of aryl methyl sites for hydroxylation is 2. The molecule has 1 N–H and O–H groups in total. The number of para-hydroxylation sites is 1. The maximum Gasteiger partial charge on any atom is 0.259 e. The van der Waals surface area contributed by atoms with Gasteiger partial charge in [0.25, 0.3) is 5.56 Å². The Morgan fingerprint density at radius 3 is 2.66 bits per heavy atom. The molecule has 6 nitrogen and oxygen atoms in total. The van der Waals surface area contributed by atoms with Gasteiger partial charge in [-0.25, -0.2) is 9.97 Å². The highest BCUT2D eigenvalue weighted by molar-refractivity contribution is 7.18. The van der Waals surface area contributed by atoms with E-state index in [4.69, 9.17) is 9.97 Å². The first kappa shape index (κ1) is 18.3. The van der Waals surface area contributed by atoms with Crippen LogP contribution >= 0.6 is 11.3 Å². The van der Waals surface area contributed by atoms with E-state index in [1.165, 1.54) is 5.39 Å². The molecule has 148 valence electrons. The summed E-state index contributed by atoms with van der Waals surface area (Å²) >= 11 is 1.60. The minimum atomic E-state index is -0.0224. The lowest BCUT2D eigenvalue weighted by Gasteiger charge is -2.35. The number of thiophene rings is 1. The average Bonchev–Trinajstić information content (AvgIpc) is 3.02. The Bertz CT molecular complexity index is 1250. The summed E-state index contributed by atoms with van der Waals surface area (Å²) < 4.78 is 0. The van der Waals surface area contributed by atoms with E-state index >= 15 is 0 Å². The number of hydrogen-bond acceptors (Lipinski definition) is 6. The molecule has 1 aromatic carbocycles. The molecule has 29 heavy (non-hydrogen) atoms. The second-order valence-electron chi connectivity index (χ2n) is 7.60. The Labute approximate surface area is 172 Å². The van der Waals surface area contributed by atoms with Gasteiger partial charge in [-0.05, 0) is 37.6 Å². The highest BCUT2D eigenvalue weighted by Crippen LogP contribution is 2.26. The summed E-state index contributed by atoms with van der Waals surface area (Å²) in [5.74, 6) is 1.78. The molecule has 0 saturated carbocycles. The highest BCUT2D eigenvalue weighted by atomic mass is 32.1. The summed E-state index contributed by atoms with van der Waals surface area (Å²) in [6, 6.07) is 12.5. The number of nitrogens with zero attached hydrogens (tertiary/aromatic N) is 4. The maximum atomic E-state index is 12.5. The number of nitrogens with one attached hydrogen (secondary N) is 1. The zero-order valence-corrected chi connectivity index (χ0v) is 17.4. The first-order chi connectivity index (χ1) is 14.1. The molecular weight excluding hydrogens is 382 g/mol. The van der Waals surface area contributed by atoms with E-state index < -0.39 is 0 Å². The number of benzene rings is 1. The van der Waals surface area contributed by atoms with E-state index in [0.29, 0.717) is 6.54 Å². The molecule has 5 rings (SSSR count). The topological polar surface area (TPSA) is 65.1 Å². The van der Waals surface area contributed by atoms with Gasteiger partial charge >= 0.3 is 0 Å². The van der Waals surface area contributed by atoms with Crippen molar-refractivity contribution < 1.29 is 0 Å². The van der Waals surface area contributed by atoms with Crippen LogP contribution in [0.5, 0.6) is 0 Å². The van der Waals surface area contributed by atoms with Crippen LogP contribution in [0.3, 0.4) is 0 Å². The molecule has 0 spiro atoms. The lowest BCUT2D eigenvalue weighted by atomic mass is 10.2. The minimum Gasteiger partial charge on any atom is -0.354 e. The van der Waals surface area contributed by atoms with Gasteiger partial charge in [-0.1, -0.05) is 18.2 Å². The number of aromatic amines is 1. The number of hydrogen-bond donors (Lipinski definition) is 1. The van der Waals surface area contributed by atoms with E-state index in [-0.39, 0.29) is 5.56 Å². The molecule has 0 atom stereocenters. The molecule has 4 heterocycles. The van der Waals surface area contributed by atoms with Gasteiger partial charge in [-0.15, -0.1) is 11.3 Å². The standard InChI is InChI=1S/C22H23N5OS/c1-14-15(2)29-22-20(14)21(28)24-18(25-22)13-26-9-11-27(12-10-26)19-8-7-16-5-3-4-6-17(16)23-19/h3-8H,9-13H2,1-2H3,(H,24,25,28). The molecule has 0 unspecified atom stereocenters. The van der Waals surface area contributed by atoms with E-state index in [1.807, 2.05) is 26.0 Å². The SMILES string of the molecule is Cc1sc2nc(CN3CCN(c4ccc5ccccc5n4)CC3)[nH]c(=O)c2c1C. The van der Waals surface area contributed by atoms with Crippen molar-refractivity contribution in [1.29, 1.82) is 0 Å². The molecule has 4 aromatic rings. The Hall–Kier alpha value is -2.77. The van der Waals surface area contributed by atoms with Gasteiger partial charge < -0.3 is 9.88 Å². The smallest absolute Gasteiger partial charge is 0.259 e. The third kappa shape index (κ3) is 3.41. The Morgan fingerprint density at radius 1 is 1.03 bits per heavy atom. The Kier molecular flexibility index (Phi) is 4.56. The molecule has 1 fully saturated rings. The second-order valence-corrected chi connectivity index (χ2v) is 8.80. The first-order valence-corrected chi connectivity index (χ1v) is 10.7. The largest absolute Gasteiger partial charge is 0.354 e. The van der Waals surface area contributed by atoms with Crippen LogP contribution in [0, 0.1) is 13.8 Å². The van der Waals surface area contributed by atoms with Crippen LogP contribution in [0.15, 0.2) is 41.2 Å². The van der Waals surface area contributed by atoms with Crippen LogP contribution in [0.25, 0.3) is 21.1 Å². The lowest BCUT2D eigenvalue weighted by molar-refractivity contribution is 0.243. The molecule has 7 heteroatoms. The van der Waals surface area contributed by atoms with Crippen LogP contribution in [-0.2, 0) is 6.54 Å². The predicted molar refractivity (Wildman–Crippen MR) is 119 cm³/mol. The van der Waals surface area contributed by atoms with E-state index in [9.17, 15) is 4.79 Å². The van der Waals surface area contributed by atoms with Crippen molar-refractivity contribution in [2.24, 2.45) is 0 Å². The summed E-state index contributed by atoms with van der Waals surface area (Å²) in [7, 11) is 0. The summed E-state index contributed by atoms with van der Waals surface area (Å²) in [6.45, 7) is 8.35. The molecular formula is C22H23N5OS. The number of aromatic nitrogens is 3. The fraction of sp³-hybridized carbons (Fsp3) is 0.318. The third-order valence-corrected chi connectivity index (χ3v) is 6.84. The van der Waals surface area contributed by atoms with Crippen molar-refractivity contribution in [2.45, 2.75) is 20.4 Å². The lowest BCUT2D eigenvalue weighted by Crippen LogP contribution is -2.46. The molecule has 1 aliphatic heterocycles. The van der Waals surface area contributed by atoms with Crippen LogP contribution in [0.1, 0.15) is 16.3 Å². The number of piperazine rings is 1. The number of H-pyrrole nitrogens is 1. The highest BCUT2D eigenvalue weighted by Gasteiger charge is 2.20. The molecule has 1 aliphatic rings. The van der Waals surface area contributed by atoms with Crippen molar-refractivity contribution in [1.82, 2.24) is 19.9 Å². The van der Waals surface area contributed by atoms with Crippen molar-refractivity contribution >= 4 is 38.3 Å². The zero-order chi connectivity index (χ0) is 20.0. The zero-order valence-electron chi connectivity index (χ0n) is 16.6. The number of anilines is 1. The minimum absolute atomic E-state index is 0.0224. The first-order valence-electron chi connectivity index (χ1n) is 9.90. The number of fused-ring (bicyclic) bond motifs is 2. The number of pyridine rings is 1. The molecule has 0 amide bonds.